The second-order valence-corrected chi connectivity index (χ2v) is 8.05. The van der Waals surface area contributed by atoms with Gasteiger partial charge < -0.3 is 20.3 Å². The number of amides is 2. The molecule has 2 aliphatic heterocycles. The number of likely N-dealkylation sites (tertiary alicyclic amines) is 2. The number of ether oxygens (including phenoxy) is 1. The zero-order chi connectivity index (χ0) is 20.1. The molecule has 6 nitrogen and oxygen atoms in total. The quantitative estimate of drug-likeness (QED) is 0.789. The van der Waals surface area contributed by atoms with Crippen LogP contribution in [0.4, 0.5) is 0 Å². The summed E-state index contributed by atoms with van der Waals surface area (Å²) in [4.78, 5) is 29.2. The predicted octanol–water partition coefficient (Wildman–Crippen LogP) is 3.07. The number of piperidine rings is 2. The molecule has 2 saturated heterocycles. The third-order valence-electron chi connectivity index (χ3n) is 5.92. The first-order valence-corrected chi connectivity index (χ1v) is 10.5. The number of nitrogens with two attached hydrogens (primary N) is 1. The Hall–Kier alpha value is -1.79. The first-order chi connectivity index (χ1) is 13.5. The molecule has 162 valence electrons. The highest BCUT2D eigenvalue weighted by atomic mass is 35.5. The minimum absolute atomic E-state index is 0. The molecule has 1 unspecified atom stereocenters. The van der Waals surface area contributed by atoms with Gasteiger partial charge >= 0.3 is 0 Å². The average molecular weight is 424 g/mol. The van der Waals surface area contributed by atoms with Crippen molar-refractivity contribution in [3.05, 3.63) is 28.8 Å². The van der Waals surface area contributed by atoms with Crippen molar-refractivity contribution in [2.24, 2.45) is 5.73 Å². The second kappa shape index (κ2) is 10.8. The van der Waals surface area contributed by atoms with E-state index in [1.807, 2.05) is 35.8 Å². The molecule has 1 aromatic carbocycles. The van der Waals surface area contributed by atoms with Crippen LogP contribution in [-0.4, -0.2) is 60.4 Å². The molecule has 0 aromatic heterocycles. The molecule has 1 atom stereocenters. The van der Waals surface area contributed by atoms with E-state index in [1.54, 1.807) is 0 Å². The van der Waals surface area contributed by atoms with Crippen LogP contribution in [0.25, 0.3) is 0 Å². The molecule has 0 aliphatic carbocycles. The molecular weight excluding hydrogens is 390 g/mol. The van der Waals surface area contributed by atoms with Gasteiger partial charge in [0.05, 0.1) is 0 Å². The third-order valence-corrected chi connectivity index (χ3v) is 5.92. The van der Waals surface area contributed by atoms with Gasteiger partial charge in [-0.3, -0.25) is 9.59 Å². The summed E-state index contributed by atoms with van der Waals surface area (Å²) < 4.78 is 5.87. The van der Waals surface area contributed by atoms with Crippen molar-refractivity contribution in [1.82, 2.24) is 9.80 Å². The summed E-state index contributed by atoms with van der Waals surface area (Å²) in [6, 6.07) is 3.87. The number of aryl methyl sites for hydroxylation is 2. The lowest BCUT2D eigenvalue weighted by atomic mass is 9.99. The van der Waals surface area contributed by atoms with Crippen LogP contribution in [0.15, 0.2) is 12.1 Å². The first-order valence-electron chi connectivity index (χ1n) is 10.5. The maximum Gasteiger partial charge on any atom is 0.260 e. The van der Waals surface area contributed by atoms with E-state index in [-0.39, 0.29) is 36.9 Å². The second-order valence-electron chi connectivity index (χ2n) is 8.05. The molecule has 1 aromatic rings. The van der Waals surface area contributed by atoms with Crippen molar-refractivity contribution in [3.8, 4) is 5.75 Å². The summed E-state index contributed by atoms with van der Waals surface area (Å²) in [7, 11) is 0. The van der Waals surface area contributed by atoms with Gasteiger partial charge in [0.2, 0.25) is 0 Å². The van der Waals surface area contributed by atoms with E-state index >= 15 is 0 Å². The van der Waals surface area contributed by atoms with Gasteiger partial charge in [-0.15, -0.1) is 12.4 Å². The van der Waals surface area contributed by atoms with Crippen LogP contribution < -0.4 is 10.5 Å². The van der Waals surface area contributed by atoms with Crippen molar-refractivity contribution in [2.45, 2.75) is 58.4 Å². The summed E-state index contributed by atoms with van der Waals surface area (Å²) >= 11 is 0. The molecule has 29 heavy (non-hydrogen) atoms. The van der Waals surface area contributed by atoms with E-state index in [1.165, 1.54) is 6.42 Å². The van der Waals surface area contributed by atoms with E-state index in [9.17, 15) is 9.59 Å². The SMILES string of the molecule is Cc1cc(C(=O)N2CCCCC2CN)cc(C)c1OCC(=O)N1CCCCC1.Cl. The first kappa shape index (κ1) is 23.5. The predicted molar refractivity (Wildman–Crippen MR) is 117 cm³/mol. The zero-order valence-electron chi connectivity index (χ0n) is 17.6. The number of carbonyl (C=O) groups is 2. The lowest BCUT2D eigenvalue weighted by Gasteiger charge is -2.35. The minimum atomic E-state index is 0. The van der Waals surface area contributed by atoms with Crippen LogP contribution in [0.3, 0.4) is 0 Å². The molecule has 2 N–H and O–H groups in total. The average Bonchev–Trinajstić information content (AvgIpc) is 2.72. The van der Waals surface area contributed by atoms with Crippen molar-refractivity contribution < 1.29 is 14.3 Å². The van der Waals surface area contributed by atoms with E-state index in [2.05, 4.69) is 0 Å². The topological polar surface area (TPSA) is 75.9 Å². The summed E-state index contributed by atoms with van der Waals surface area (Å²) in [6.07, 6.45) is 6.46. The van der Waals surface area contributed by atoms with Crippen molar-refractivity contribution in [3.63, 3.8) is 0 Å². The maximum absolute atomic E-state index is 13.0. The van der Waals surface area contributed by atoms with Crippen LogP contribution in [-0.2, 0) is 4.79 Å². The Morgan fingerprint density at radius 3 is 2.28 bits per heavy atom. The van der Waals surface area contributed by atoms with Crippen LogP contribution in [0.2, 0.25) is 0 Å². The molecule has 2 heterocycles. The summed E-state index contributed by atoms with van der Waals surface area (Å²) in [5.74, 6) is 0.783. The molecule has 0 spiro atoms. The normalized spacial score (nSPS) is 19.5. The molecule has 2 amide bonds. The monoisotopic (exact) mass is 423 g/mol. The van der Waals surface area contributed by atoms with Crippen LogP contribution in [0.5, 0.6) is 5.75 Å². The van der Waals surface area contributed by atoms with E-state index in [0.717, 1.165) is 62.9 Å². The molecule has 2 fully saturated rings. The summed E-state index contributed by atoms with van der Waals surface area (Å²) in [5.41, 5.74) is 8.31. The highest BCUT2D eigenvalue weighted by Gasteiger charge is 2.27. The Bertz CT molecular complexity index is 696. The Morgan fingerprint density at radius 2 is 1.66 bits per heavy atom. The van der Waals surface area contributed by atoms with Gasteiger partial charge in [-0.05, 0) is 75.6 Å². The molecule has 0 saturated carbocycles. The van der Waals surface area contributed by atoms with Crippen LogP contribution in [0, 0.1) is 13.8 Å². The largest absolute Gasteiger partial charge is 0.483 e. The fourth-order valence-corrected chi connectivity index (χ4v) is 4.35. The van der Waals surface area contributed by atoms with E-state index in [4.69, 9.17) is 10.5 Å². The zero-order valence-corrected chi connectivity index (χ0v) is 18.4. The Labute approximate surface area is 180 Å². The van der Waals surface area contributed by atoms with Gasteiger partial charge in [-0.25, -0.2) is 0 Å². The highest BCUT2D eigenvalue weighted by molar-refractivity contribution is 5.95. The smallest absolute Gasteiger partial charge is 0.260 e. The molecular formula is C22H34ClN3O3. The molecule has 0 radical (unpaired) electrons. The van der Waals surface area contributed by atoms with Crippen molar-refractivity contribution >= 4 is 24.2 Å². The molecule has 3 rings (SSSR count). The number of carbonyl (C=O) groups excluding carboxylic acids is 2. The van der Waals surface area contributed by atoms with E-state index < -0.39 is 0 Å². The fourth-order valence-electron chi connectivity index (χ4n) is 4.35. The number of rotatable bonds is 5. The van der Waals surface area contributed by atoms with Crippen LogP contribution in [0.1, 0.15) is 60.0 Å². The number of benzene rings is 1. The van der Waals surface area contributed by atoms with Gasteiger partial charge in [-0.2, -0.15) is 0 Å². The summed E-state index contributed by atoms with van der Waals surface area (Å²) in [6.45, 7) is 6.83. The number of halogens is 1. The maximum atomic E-state index is 13.0. The fraction of sp³-hybridized carbons (Fsp3) is 0.636. The Balaban J connectivity index is 0.00000300. The van der Waals surface area contributed by atoms with Gasteiger partial charge in [0.25, 0.3) is 11.8 Å². The lowest BCUT2D eigenvalue weighted by Crippen LogP contribution is -2.47. The highest BCUT2D eigenvalue weighted by Crippen LogP contribution is 2.27. The lowest BCUT2D eigenvalue weighted by molar-refractivity contribution is -0.134. The molecule has 0 bridgehead atoms. The summed E-state index contributed by atoms with van der Waals surface area (Å²) in [5, 5.41) is 0. The third kappa shape index (κ3) is 5.64. The van der Waals surface area contributed by atoms with Crippen molar-refractivity contribution in [1.29, 1.82) is 0 Å². The number of nitrogens with zero attached hydrogens (tertiary/aromatic N) is 2. The Kier molecular flexibility index (Phi) is 8.78. The number of hydrogen-bond donors (Lipinski definition) is 1. The minimum Gasteiger partial charge on any atom is -0.483 e. The van der Waals surface area contributed by atoms with E-state index in [0.29, 0.717) is 17.9 Å². The standard InChI is InChI=1S/C22H33N3O3.ClH/c1-16-12-18(22(27)25-11-7-4-8-19(25)14-23)13-17(2)21(16)28-15-20(26)24-9-5-3-6-10-24;/h12-13,19H,3-11,14-15,23H2,1-2H3;1H. The Morgan fingerprint density at radius 1 is 1.03 bits per heavy atom. The van der Waals surface area contributed by atoms with Gasteiger partial charge in [0.15, 0.2) is 6.61 Å². The van der Waals surface area contributed by atoms with Gasteiger partial charge in [0.1, 0.15) is 5.75 Å². The number of hydrogen-bond acceptors (Lipinski definition) is 4. The van der Waals surface area contributed by atoms with Crippen LogP contribution >= 0.6 is 12.4 Å². The van der Waals surface area contributed by atoms with Crippen molar-refractivity contribution in [2.75, 3.05) is 32.8 Å². The molecule has 7 heteroatoms. The van der Waals surface area contributed by atoms with Gasteiger partial charge in [-0.1, -0.05) is 0 Å². The van der Waals surface area contributed by atoms with Gasteiger partial charge in [0, 0.05) is 37.8 Å². The molecule has 2 aliphatic rings.